The first-order valence-corrected chi connectivity index (χ1v) is 11.8. The molecule has 0 bridgehead atoms. The number of aryl methyl sites for hydroxylation is 1. The number of anilines is 3. The minimum absolute atomic E-state index is 0.113. The molecule has 2 aromatic heterocycles. The molecule has 1 aliphatic heterocycles. The smallest absolute Gasteiger partial charge is 0.253 e. The lowest BCUT2D eigenvalue weighted by Gasteiger charge is -2.25. The first-order valence-electron chi connectivity index (χ1n) is 11.8. The molecule has 1 atom stereocenters. The summed E-state index contributed by atoms with van der Waals surface area (Å²) < 4.78 is 5.76. The van der Waals surface area contributed by atoms with Crippen molar-refractivity contribution in [3.8, 4) is 11.5 Å². The quantitative estimate of drug-likeness (QED) is 0.343. The molecule has 4 aromatic rings. The van der Waals surface area contributed by atoms with Gasteiger partial charge in [-0.1, -0.05) is 43.3 Å². The van der Waals surface area contributed by atoms with E-state index in [4.69, 9.17) is 9.40 Å². The minimum Gasteiger partial charge on any atom is -0.421 e. The first-order chi connectivity index (χ1) is 17.5. The molecule has 5 rings (SSSR count). The molecule has 184 valence electrons. The first kappa shape index (κ1) is 23.4. The van der Waals surface area contributed by atoms with Gasteiger partial charge in [0.2, 0.25) is 17.7 Å². The molecule has 3 heterocycles. The lowest BCUT2D eigenvalue weighted by Crippen LogP contribution is -2.32. The Labute approximate surface area is 208 Å². The molecular weight excluding hydrogens is 458 g/mol. The van der Waals surface area contributed by atoms with Crippen LogP contribution >= 0.6 is 0 Å². The summed E-state index contributed by atoms with van der Waals surface area (Å²) in [6, 6.07) is 15.1. The fourth-order valence-corrected chi connectivity index (χ4v) is 4.09. The van der Waals surface area contributed by atoms with Gasteiger partial charge >= 0.3 is 0 Å². The third-order valence-electron chi connectivity index (χ3n) is 6.12. The van der Waals surface area contributed by atoms with E-state index in [2.05, 4.69) is 25.8 Å². The molecule has 0 saturated carbocycles. The SMILES string of the molecule is CCc1nnc(-c2cnc(Nc3ccc4c(c3)CN(C)C(=O)C4)nc2N[C@H](CO)c2ccccc2)o1. The standard InChI is InChI=1S/C26H27N7O3/c1-3-22-31-32-25(36-22)20-13-27-26(30-24(20)29-21(15-34)16-7-5-4-6-8-16)28-19-10-9-17-12-23(35)33(2)14-18(17)11-19/h4-11,13,21,34H,3,12,14-15H2,1-2H3,(H2,27,28,29,30)/t21-/m1/s1. The van der Waals surface area contributed by atoms with Gasteiger partial charge in [0.15, 0.2) is 0 Å². The molecule has 3 N–H and O–H groups in total. The number of aromatic nitrogens is 4. The fourth-order valence-electron chi connectivity index (χ4n) is 4.09. The van der Waals surface area contributed by atoms with E-state index in [1.54, 1.807) is 18.1 Å². The second-order valence-corrected chi connectivity index (χ2v) is 8.64. The lowest BCUT2D eigenvalue weighted by molar-refractivity contribution is -0.130. The monoisotopic (exact) mass is 485 g/mol. The van der Waals surface area contributed by atoms with Crippen molar-refractivity contribution < 1.29 is 14.3 Å². The van der Waals surface area contributed by atoms with E-state index in [9.17, 15) is 9.90 Å². The van der Waals surface area contributed by atoms with Crippen molar-refractivity contribution in [3.63, 3.8) is 0 Å². The number of rotatable bonds is 8. The Kier molecular flexibility index (Phi) is 6.59. The number of carbonyl (C=O) groups is 1. The van der Waals surface area contributed by atoms with Gasteiger partial charge in [0, 0.05) is 31.9 Å². The van der Waals surface area contributed by atoms with Crippen molar-refractivity contribution in [1.82, 2.24) is 25.1 Å². The van der Waals surface area contributed by atoms with Gasteiger partial charge in [-0.3, -0.25) is 4.79 Å². The van der Waals surface area contributed by atoms with E-state index in [0.717, 1.165) is 22.4 Å². The molecule has 10 nitrogen and oxygen atoms in total. The molecule has 1 aliphatic rings. The Bertz CT molecular complexity index is 1370. The van der Waals surface area contributed by atoms with Crippen LogP contribution in [-0.4, -0.2) is 49.7 Å². The van der Waals surface area contributed by atoms with Gasteiger partial charge in [-0.05, 0) is 28.8 Å². The number of fused-ring (bicyclic) bond motifs is 1. The largest absolute Gasteiger partial charge is 0.421 e. The summed E-state index contributed by atoms with van der Waals surface area (Å²) >= 11 is 0. The number of hydrogen-bond donors (Lipinski definition) is 3. The van der Waals surface area contributed by atoms with Crippen LogP contribution in [0.5, 0.6) is 0 Å². The predicted molar refractivity (Wildman–Crippen MR) is 134 cm³/mol. The normalized spacial score (nSPS) is 13.9. The summed E-state index contributed by atoms with van der Waals surface area (Å²) in [5.74, 6) is 1.73. The second-order valence-electron chi connectivity index (χ2n) is 8.64. The summed E-state index contributed by atoms with van der Waals surface area (Å²) in [7, 11) is 1.80. The number of aliphatic hydroxyl groups excluding tert-OH is 1. The molecule has 0 radical (unpaired) electrons. The predicted octanol–water partition coefficient (Wildman–Crippen LogP) is 3.49. The van der Waals surface area contributed by atoms with Crippen LogP contribution in [0.4, 0.5) is 17.5 Å². The molecule has 0 aliphatic carbocycles. The van der Waals surface area contributed by atoms with E-state index in [-0.39, 0.29) is 12.5 Å². The van der Waals surface area contributed by atoms with Crippen LogP contribution in [0, 0.1) is 0 Å². The van der Waals surface area contributed by atoms with Gasteiger partial charge in [0.1, 0.15) is 5.82 Å². The molecule has 0 saturated heterocycles. The Morgan fingerprint density at radius 1 is 1.14 bits per heavy atom. The molecule has 0 spiro atoms. The average Bonchev–Trinajstić information content (AvgIpc) is 3.38. The summed E-state index contributed by atoms with van der Waals surface area (Å²) in [6.45, 7) is 2.35. The van der Waals surface area contributed by atoms with Gasteiger partial charge in [0.05, 0.1) is 24.6 Å². The minimum atomic E-state index is -0.405. The Morgan fingerprint density at radius 3 is 2.72 bits per heavy atom. The van der Waals surface area contributed by atoms with Crippen LogP contribution in [0.1, 0.15) is 35.5 Å². The third kappa shape index (κ3) is 4.89. The van der Waals surface area contributed by atoms with Crippen LogP contribution in [-0.2, 0) is 24.2 Å². The number of hydrogen-bond acceptors (Lipinski definition) is 9. The van der Waals surface area contributed by atoms with Gasteiger partial charge in [0.25, 0.3) is 5.89 Å². The maximum Gasteiger partial charge on any atom is 0.253 e. The summed E-state index contributed by atoms with van der Waals surface area (Å²) in [5.41, 5.74) is 4.36. The number of nitrogens with one attached hydrogen (secondary N) is 2. The highest BCUT2D eigenvalue weighted by Gasteiger charge is 2.21. The Morgan fingerprint density at radius 2 is 1.97 bits per heavy atom. The average molecular weight is 486 g/mol. The van der Waals surface area contributed by atoms with Crippen molar-refractivity contribution in [2.75, 3.05) is 24.3 Å². The van der Waals surface area contributed by atoms with E-state index < -0.39 is 6.04 Å². The number of carbonyl (C=O) groups excluding carboxylic acids is 1. The van der Waals surface area contributed by atoms with Crippen molar-refractivity contribution in [2.45, 2.75) is 32.4 Å². The zero-order chi connectivity index (χ0) is 25.1. The fraction of sp³-hybridized carbons (Fsp3) is 0.269. The van der Waals surface area contributed by atoms with Crippen LogP contribution in [0.15, 0.2) is 59.1 Å². The van der Waals surface area contributed by atoms with Crippen molar-refractivity contribution in [1.29, 1.82) is 0 Å². The molecule has 1 amide bonds. The third-order valence-corrected chi connectivity index (χ3v) is 6.12. The number of benzene rings is 2. The molecule has 0 unspecified atom stereocenters. The maximum absolute atomic E-state index is 12.0. The molecule has 10 heteroatoms. The van der Waals surface area contributed by atoms with Gasteiger partial charge in [-0.15, -0.1) is 10.2 Å². The summed E-state index contributed by atoms with van der Waals surface area (Å²) in [5, 5.41) is 24.9. The van der Waals surface area contributed by atoms with Crippen molar-refractivity contribution >= 4 is 23.4 Å². The van der Waals surface area contributed by atoms with Crippen molar-refractivity contribution in [2.24, 2.45) is 0 Å². The van der Waals surface area contributed by atoms with Crippen LogP contribution < -0.4 is 10.6 Å². The van der Waals surface area contributed by atoms with E-state index in [1.807, 2.05) is 55.5 Å². The number of aliphatic hydroxyl groups is 1. The number of nitrogens with zero attached hydrogens (tertiary/aromatic N) is 5. The summed E-state index contributed by atoms with van der Waals surface area (Å²) in [4.78, 5) is 22.9. The van der Waals surface area contributed by atoms with Gasteiger partial charge < -0.3 is 25.1 Å². The summed E-state index contributed by atoms with van der Waals surface area (Å²) in [6.07, 6.45) is 2.63. The molecular formula is C26H27N7O3. The second kappa shape index (κ2) is 10.1. The lowest BCUT2D eigenvalue weighted by atomic mass is 9.99. The van der Waals surface area contributed by atoms with Crippen LogP contribution in [0.25, 0.3) is 11.5 Å². The molecule has 2 aromatic carbocycles. The zero-order valence-electron chi connectivity index (χ0n) is 20.1. The van der Waals surface area contributed by atoms with E-state index >= 15 is 0 Å². The highest BCUT2D eigenvalue weighted by molar-refractivity contribution is 5.81. The van der Waals surface area contributed by atoms with E-state index in [1.165, 1.54) is 0 Å². The topological polar surface area (TPSA) is 129 Å². The Hall–Kier alpha value is -4.31. The highest BCUT2D eigenvalue weighted by atomic mass is 16.4. The molecule has 36 heavy (non-hydrogen) atoms. The van der Waals surface area contributed by atoms with Gasteiger partial charge in [-0.25, -0.2) is 4.98 Å². The van der Waals surface area contributed by atoms with Crippen molar-refractivity contribution in [3.05, 3.63) is 77.3 Å². The number of likely N-dealkylation sites (N-methyl/N-ethyl adjacent to an activating group) is 1. The maximum atomic E-state index is 12.0. The number of amides is 1. The highest BCUT2D eigenvalue weighted by Crippen LogP contribution is 2.30. The van der Waals surface area contributed by atoms with Crippen LogP contribution in [0.3, 0.4) is 0 Å². The van der Waals surface area contributed by atoms with Crippen LogP contribution in [0.2, 0.25) is 0 Å². The Balaban J connectivity index is 1.47. The molecule has 0 fully saturated rings. The van der Waals surface area contributed by atoms with E-state index in [0.29, 0.717) is 48.5 Å². The van der Waals surface area contributed by atoms with Gasteiger partial charge in [-0.2, -0.15) is 4.98 Å². The zero-order valence-corrected chi connectivity index (χ0v) is 20.1.